The van der Waals surface area contributed by atoms with Gasteiger partial charge in [-0.25, -0.2) is 0 Å². The van der Waals surface area contributed by atoms with Crippen molar-refractivity contribution in [3.63, 3.8) is 0 Å². The lowest BCUT2D eigenvalue weighted by Crippen LogP contribution is -2.23. The highest BCUT2D eigenvalue weighted by Crippen LogP contribution is 2.20. The second-order valence-corrected chi connectivity index (χ2v) is 3.42. The fourth-order valence-corrected chi connectivity index (χ4v) is 1.55. The Labute approximate surface area is 81.1 Å². The first kappa shape index (κ1) is 7.34. The van der Waals surface area contributed by atoms with Gasteiger partial charge >= 0.3 is 0 Å². The molecule has 13 heavy (non-hydrogen) atoms. The minimum Gasteiger partial charge on any atom is -0.302 e. The van der Waals surface area contributed by atoms with E-state index >= 15 is 0 Å². The number of hydrogen-bond donors (Lipinski definition) is 0. The molecule has 0 radical (unpaired) electrons. The van der Waals surface area contributed by atoms with Gasteiger partial charge in [-0.3, -0.25) is 0 Å². The number of benzene rings is 1. The Bertz CT molecular complexity index is 331. The summed E-state index contributed by atoms with van der Waals surface area (Å²) in [6.45, 7) is 0.800. The molecule has 1 aliphatic heterocycles. The molecule has 0 aromatic heterocycles. The fourth-order valence-electron chi connectivity index (χ4n) is 1.55. The van der Waals surface area contributed by atoms with Crippen LogP contribution in [0.25, 0.3) is 5.57 Å². The molecule has 0 saturated heterocycles. The lowest BCUT2D eigenvalue weighted by molar-refractivity contribution is 0.370. The summed E-state index contributed by atoms with van der Waals surface area (Å²) in [4.78, 5) is 2.05. The van der Waals surface area contributed by atoms with Crippen molar-refractivity contribution in [3.8, 4) is 0 Å². The van der Waals surface area contributed by atoms with Gasteiger partial charge in [0.25, 0.3) is 0 Å². The predicted molar refractivity (Wildman–Crippen MR) is 56.5 cm³/mol. The van der Waals surface area contributed by atoms with Crippen LogP contribution in [0.5, 0.6) is 0 Å². The van der Waals surface area contributed by atoms with E-state index in [1.54, 1.807) is 0 Å². The van der Waals surface area contributed by atoms with Crippen LogP contribution < -0.4 is 0 Å². The SMILES string of the molecule is [2H]C1CC(c2ccccc2)=CCN1C. The number of rotatable bonds is 1. The lowest BCUT2D eigenvalue weighted by atomic mass is 10.00. The highest BCUT2D eigenvalue weighted by atomic mass is 15.1. The molecule has 0 fully saturated rings. The zero-order valence-corrected chi connectivity index (χ0v) is 7.90. The van der Waals surface area contributed by atoms with Crippen LogP contribution in [0.1, 0.15) is 13.4 Å². The van der Waals surface area contributed by atoms with E-state index in [1.165, 1.54) is 11.1 Å². The summed E-state index contributed by atoms with van der Waals surface area (Å²) in [7, 11) is 2.00. The standard InChI is InChI=1S/C12H15N/c1-13-9-7-12(8-10-13)11-5-3-2-4-6-11/h2-7H,8-10H2,1H3/i10D. The molecule has 2 rings (SSSR count). The van der Waals surface area contributed by atoms with Gasteiger partial charge in [-0.05, 0) is 24.6 Å². The fraction of sp³-hybridized carbons (Fsp3) is 0.333. The van der Waals surface area contributed by atoms with Gasteiger partial charge in [0.2, 0.25) is 0 Å². The van der Waals surface area contributed by atoms with Crippen molar-refractivity contribution in [2.24, 2.45) is 0 Å². The summed E-state index contributed by atoms with van der Waals surface area (Å²) >= 11 is 0. The molecule has 0 bridgehead atoms. The highest BCUT2D eigenvalue weighted by Gasteiger charge is 2.08. The Kier molecular flexibility index (Phi) is 2.12. The molecule has 1 aromatic carbocycles. The maximum atomic E-state index is 7.84. The molecule has 1 heteroatoms. The van der Waals surface area contributed by atoms with Crippen LogP contribution in [-0.2, 0) is 0 Å². The molecule has 0 aliphatic carbocycles. The van der Waals surface area contributed by atoms with E-state index in [2.05, 4.69) is 18.2 Å². The molecule has 0 spiro atoms. The Morgan fingerprint density at radius 2 is 2.08 bits per heavy atom. The lowest BCUT2D eigenvalue weighted by Gasteiger charge is -2.21. The van der Waals surface area contributed by atoms with Crippen molar-refractivity contribution < 1.29 is 1.37 Å². The number of likely N-dealkylation sites (N-methyl/N-ethyl adjacent to an activating group) is 1. The predicted octanol–water partition coefficient (Wildman–Crippen LogP) is 2.41. The molecular formula is C12H15N. The number of nitrogens with zero attached hydrogens (tertiary/aromatic N) is 1. The maximum absolute atomic E-state index is 7.84. The van der Waals surface area contributed by atoms with Crippen LogP contribution in [0.4, 0.5) is 0 Å². The summed E-state index contributed by atoms with van der Waals surface area (Å²) < 4.78 is 7.84. The van der Waals surface area contributed by atoms with Crippen LogP contribution in [0.3, 0.4) is 0 Å². The molecule has 1 unspecified atom stereocenters. The molecule has 1 aliphatic rings. The largest absolute Gasteiger partial charge is 0.302 e. The zero-order valence-electron chi connectivity index (χ0n) is 8.90. The van der Waals surface area contributed by atoms with Crippen molar-refractivity contribution in [1.82, 2.24) is 4.90 Å². The first-order valence-electron chi connectivity index (χ1n) is 5.22. The maximum Gasteiger partial charge on any atom is 0.0434 e. The van der Waals surface area contributed by atoms with Gasteiger partial charge < -0.3 is 4.90 Å². The Morgan fingerprint density at radius 3 is 2.77 bits per heavy atom. The van der Waals surface area contributed by atoms with Crippen LogP contribution in [0.2, 0.25) is 0 Å². The topological polar surface area (TPSA) is 3.24 Å². The average Bonchev–Trinajstić information content (AvgIpc) is 2.23. The smallest absolute Gasteiger partial charge is 0.0434 e. The van der Waals surface area contributed by atoms with Gasteiger partial charge in [-0.15, -0.1) is 0 Å². The third-order valence-electron chi connectivity index (χ3n) is 2.39. The molecule has 1 heterocycles. The van der Waals surface area contributed by atoms with Crippen LogP contribution in [-0.4, -0.2) is 25.0 Å². The van der Waals surface area contributed by atoms with E-state index in [0.717, 1.165) is 13.0 Å². The molecule has 1 nitrogen and oxygen atoms in total. The first-order chi connectivity index (χ1) is 6.77. The minimum absolute atomic E-state index is 0.0878. The molecule has 0 saturated carbocycles. The van der Waals surface area contributed by atoms with E-state index in [4.69, 9.17) is 1.37 Å². The van der Waals surface area contributed by atoms with Crippen molar-refractivity contribution >= 4 is 5.57 Å². The van der Waals surface area contributed by atoms with E-state index in [0.29, 0.717) is 0 Å². The Hall–Kier alpha value is -1.08. The molecular weight excluding hydrogens is 158 g/mol. The minimum atomic E-state index is -0.0878. The monoisotopic (exact) mass is 174 g/mol. The molecule has 1 atom stereocenters. The summed E-state index contributed by atoms with van der Waals surface area (Å²) in [5.41, 5.74) is 2.57. The number of hydrogen-bond acceptors (Lipinski definition) is 1. The van der Waals surface area contributed by atoms with E-state index in [9.17, 15) is 0 Å². The average molecular weight is 174 g/mol. The van der Waals surface area contributed by atoms with Crippen molar-refractivity contribution in [3.05, 3.63) is 42.0 Å². The quantitative estimate of drug-likeness (QED) is 0.632. The summed E-state index contributed by atoms with van der Waals surface area (Å²) in [6.07, 6.45) is 3.06. The van der Waals surface area contributed by atoms with Crippen LogP contribution >= 0.6 is 0 Å². The van der Waals surface area contributed by atoms with Gasteiger partial charge in [0.05, 0.1) is 0 Å². The summed E-state index contributed by atoms with van der Waals surface area (Å²) in [5, 5.41) is 0. The zero-order chi connectivity index (χ0) is 9.97. The first-order valence-corrected chi connectivity index (χ1v) is 4.64. The Balaban J connectivity index is 2.21. The second kappa shape index (κ2) is 3.75. The molecule has 1 aromatic rings. The Morgan fingerprint density at radius 1 is 1.31 bits per heavy atom. The van der Waals surface area contributed by atoms with E-state index in [-0.39, 0.29) is 6.52 Å². The third-order valence-corrected chi connectivity index (χ3v) is 2.39. The summed E-state index contributed by atoms with van der Waals surface area (Å²) in [5.74, 6) is 0. The van der Waals surface area contributed by atoms with Gasteiger partial charge in [0.1, 0.15) is 0 Å². The second-order valence-electron chi connectivity index (χ2n) is 3.42. The van der Waals surface area contributed by atoms with Gasteiger partial charge in [0, 0.05) is 14.4 Å². The van der Waals surface area contributed by atoms with Crippen molar-refractivity contribution in [1.29, 1.82) is 0 Å². The molecule has 0 amide bonds. The van der Waals surface area contributed by atoms with Crippen LogP contribution in [0.15, 0.2) is 36.4 Å². The van der Waals surface area contributed by atoms with Crippen molar-refractivity contribution in [2.75, 3.05) is 20.1 Å². The van der Waals surface area contributed by atoms with Gasteiger partial charge in [0.15, 0.2) is 0 Å². The molecule has 0 N–H and O–H groups in total. The van der Waals surface area contributed by atoms with Crippen LogP contribution in [0, 0.1) is 0 Å². The van der Waals surface area contributed by atoms with Crippen molar-refractivity contribution in [2.45, 2.75) is 6.42 Å². The van der Waals surface area contributed by atoms with E-state index < -0.39 is 0 Å². The third kappa shape index (κ3) is 1.99. The highest BCUT2D eigenvalue weighted by molar-refractivity contribution is 5.66. The summed E-state index contributed by atoms with van der Waals surface area (Å²) in [6, 6.07) is 10.4. The van der Waals surface area contributed by atoms with Gasteiger partial charge in [-0.2, -0.15) is 0 Å². The normalized spacial score (nSPS) is 25.2. The van der Waals surface area contributed by atoms with E-state index in [1.807, 2.05) is 30.1 Å². The van der Waals surface area contributed by atoms with Gasteiger partial charge in [-0.1, -0.05) is 36.4 Å². The molecule has 68 valence electrons.